The van der Waals surface area contributed by atoms with Crippen LogP contribution in [0.15, 0.2) is 22.7 Å². The van der Waals surface area contributed by atoms with E-state index >= 15 is 0 Å². The molecule has 4 heteroatoms. The number of benzene rings is 1. The van der Waals surface area contributed by atoms with E-state index in [0.717, 1.165) is 10.0 Å². The lowest BCUT2D eigenvalue weighted by Gasteiger charge is -2.32. The average Bonchev–Trinajstić information content (AvgIpc) is 2.29. The Morgan fingerprint density at radius 1 is 1.39 bits per heavy atom. The lowest BCUT2D eigenvalue weighted by Crippen LogP contribution is -2.48. The standard InChI is InChI=1S/C14H21BrN2O/c1-10-6-7-11(8-12(10)15)13(18)16-9-14(2,3)17(4)5/h6-8H,9H2,1-5H3,(H,16,18). The van der Waals surface area contributed by atoms with Crippen LogP contribution in [0.2, 0.25) is 0 Å². The molecule has 3 nitrogen and oxygen atoms in total. The molecule has 100 valence electrons. The summed E-state index contributed by atoms with van der Waals surface area (Å²) in [5, 5.41) is 2.97. The molecule has 0 aliphatic carbocycles. The summed E-state index contributed by atoms with van der Waals surface area (Å²) in [6.07, 6.45) is 0. The topological polar surface area (TPSA) is 32.3 Å². The highest BCUT2D eigenvalue weighted by molar-refractivity contribution is 9.10. The van der Waals surface area contributed by atoms with Crippen molar-refractivity contribution in [1.29, 1.82) is 0 Å². The van der Waals surface area contributed by atoms with Crippen LogP contribution in [0.3, 0.4) is 0 Å². The number of likely N-dealkylation sites (N-methyl/N-ethyl adjacent to an activating group) is 1. The van der Waals surface area contributed by atoms with Crippen molar-refractivity contribution >= 4 is 21.8 Å². The number of nitrogens with one attached hydrogen (secondary N) is 1. The van der Waals surface area contributed by atoms with Crippen molar-refractivity contribution in [1.82, 2.24) is 10.2 Å². The number of rotatable bonds is 4. The third kappa shape index (κ3) is 3.82. The SMILES string of the molecule is Cc1ccc(C(=O)NCC(C)(C)N(C)C)cc1Br. The molecule has 0 aliphatic heterocycles. The van der Waals surface area contributed by atoms with Crippen molar-refractivity contribution in [3.05, 3.63) is 33.8 Å². The van der Waals surface area contributed by atoms with E-state index < -0.39 is 0 Å². The molecule has 0 unspecified atom stereocenters. The molecule has 1 aromatic rings. The molecule has 1 N–H and O–H groups in total. The fraction of sp³-hybridized carbons (Fsp3) is 0.500. The number of halogens is 1. The Balaban J connectivity index is 2.69. The van der Waals surface area contributed by atoms with Crippen LogP contribution in [-0.4, -0.2) is 37.0 Å². The van der Waals surface area contributed by atoms with Crippen molar-refractivity contribution in [3.63, 3.8) is 0 Å². The molecule has 0 fully saturated rings. The zero-order valence-corrected chi connectivity index (χ0v) is 13.3. The van der Waals surface area contributed by atoms with Gasteiger partial charge in [0.2, 0.25) is 0 Å². The van der Waals surface area contributed by atoms with Gasteiger partial charge in [-0.15, -0.1) is 0 Å². The smallest absolute Gasteiger partial charge is 0.251 e. The van der Waals surface area contributed by atoms with Crippen LogP contribution < -0.4 is 5.32 Å². The van der Waals surface area contributed by atoms with Gasteiger partial charge in [0, 0.05) is 22.1 Å². The molecule has 18 heavy (non-hydrogen) atoms. The first-order valence-corrected chi connectivity index (χ1v) is 6.75. The van der Waals surface area contributed by atoms with Gasteiger partial charge in [0.15, 0.2) is 0 Å². The van der Waals surface area contributed by atoms with Crippen molar-refractivity contribution < 1.29 is 4.79 Å². The van der Waals surface area contributed by atoms with Gasteiger partial charge < -0.3 is 10.2 Å². The van der Waals surface area contributed by atoms with Crippen LogP contribution in [0.1, 0.15) is 29.8 Å². The van der Waals surface area contributed by atoms with Gasteiger partial charge in [-0.3, -0.25) is 4.79 Å². The van der Waals surface area contributed by atoms with Crippen LogP contribution in [-0.2, 0) is 0 Å². The summed E-state index contributed by atoms with van der Waals surface area (Å²) in [6.45, 7) is 6.81. The maximum Gasteiger partial charge on any atom is 0.251 e. The zero-order valence-electron chi connectivity index (χ0n) is 11.7. The molecule has 0 atom stereocenters. The first-order chi connectivity index (χ1) is 8.24. The summed E-state index contributed by atoms with van der Waals surface area (Å²) in [6, 6.07) is 5.64. The Hall–Kier alpha value is -0.870. The quantitative estimate of drug-likeness (QED) is 0.927. The summed E-state index contributed by atoms with van der Waals surface area (Å²) < 4.78 is 0.960. The molecular formula is C14H21BrN2O. The second-order valence-corrected chi connectivity index (χ2v) is 6.21. The van der Waals surface area contributed by atoms with E-state index in [1.54, 1.807) is 0 Å². The van der Waals surface area contributed by atoms with Crippen molar-refractivity contribution in [2.24, 2.45) is 0 Å². The van der Waals surface area contributed by atoms with Gasteiger partial charge in [0.1, 0.15) is 0 Å². The molecule has 0 spiro atoms. The zero-order chi connectivity index (χ0) is 13.9. The molecule has 1 aromatic carbocycles. The van der Waals surface area contributed by atoms with E-state index in [2.05, 4.69) is 40.0 Å². The molecule has 1 rings (SSSR count). The van der Waals surface area contributed by atoms with Gasteiger partial charge in [-0.05, 0) is 52.6 Å². The minimum atomic E-state index is -0.0579. The maximum absolute atomic E-state index is 12.0. The minimum Gasteiger partial charge on any atom is -0.350 e. The van der Waals surface area contributed by atoms with Crippen molar-refractivity contribution in [3.8, 4) is 0 Å². The number of aryl methyl sites for hydroxylation is 1. The summed E-state index contributed by atoms with van der Waals surface area (Å²) in [5.74, 6) is -0.0365. The second-order valence-electron chi connectivity index (χ2n) is 5.35. The Morgan fingerprint density at radius 3 is 2.50 bits per heavy atom. The lowest BCUT2D eigenvalue weighted by atomic mass is 10.0. The number of hydrogen-bond donors (Lipinski definition) is 1. The molecule has 1 amide bonds. The highest BCUT2D eigenvalue weighted by Crippen LogP contribution is 2.17. The third-order valence-electron chi connectivity index (χ3n) is 3.33. The summed E-state index contributed by atoms with van der Waals surface area (Å²) >= 11 is 3.44. The molecule has 0 saturated heterocycles. The molecule has 0 heterocycles. The van der Waals surface area contributed by atoms with Crippen LogP contribution in [0.4, 0.5) is 0 Å². The van der Waals surface area contributed by atoms with Crippen molar-refractivity contribution in [2.75, 3.05) is 20.6 Å². The number of amides is 1. The van der Waals surface area contributed by atoms with Gasteiger partial charge >= 0.3 is 0 Å². The highest BCUT2D eigenvalue weighted by atomic mass is 79.9. The largest absolute Gasteiger partial charge is 0.350 e. The highest BCUT2D eigenvalue weighted by Gasteiger charge is 2.21. The van der Waals surface area contributed by atoms with Crippen LogP contribution in [0.25, 0.3) is 0 Å². The summed E-state index contributed by atoms with van der Waals surface area (Å²) in [5.41, 5.74) is 1.75. The fourth-order valence-electron chi connectivity index (χ4n) is 1.29. The van der Waals surface area contributed by atoms with Gasteiger partial charge in [-0.25, -0.2) is 0 Å². The van der Waals surface area contributed by atoms with Crippen LogP contribution in [0.5, 0.6) is 0 Å². The minimum absolute atomic E-state index is 0.0365. The Bertz CT molecular complexity index is 441. The van der Waals surface area contributed by atoms with E-state index in [1.165, 1.54) is 0 Å². The second kappa shape index (κ2) is 5.85. The molecule has 0 saturated carbocycles. The summed E-state index contributed by atoms with van der Waals surface area (Å²) in [4.78, 5) is 14.1. The van der Waals surface area contributed by atoms with Crippen molar-refractivity contribution in [2.45, 2.75) is 26.3 Å². The van der Waals surface area contributed by atoms with Crippen LogP contribution in [0, 0.1) is 6.92 Å². The number of hydrogen-bond acceptors (Lipinski definition) is 2. The molecule has 0 aromatic heterocycles. The molecule has 0 radical (unpaired) electrons. The Morgan fingerprint density at radius 2 is 2.00 bits per heavy atom. The predicted molar refractivity (Wildman–Crippen MR) is 79.0 cm³/mol. The van der Waals surface area contributed by atoms with Gasteiger partial charge in [-0.2, -0.15) is 0 Å². The van der Waals surface area contributed by atoms with E-state index in [-0.39, 0.29) is 11.4 Å². The normalized spacial score (nSPS) is 11.7. The van der Waals surface area contributed by atoms with E-state index in [0.29, 0.717) is 12.1 Å². The third-order valence-corrected chi connectivity index (χ3v) is 4.18. The molecule has 0 bridgehead atoms. The maximum atomic E-state index is 12.0. The first-order valence-electron chi connectivity index (χ1n) is 5.96. The number of carbonyl (C=O) groups excluding carboxylic acids is 1. The van der Waals surface area contributed by atoms with E-state index in [9.17, 15) is 4.79 Å². The average molecular weight is 313 g/mol. The predicted octanol–water partition coefficient (Wildman–Crippen LogP) is 2.83. The monoisotopic (exact) mass is 312 g/mol. The van der Waals surface area contributed by atoms with Gasteiger partial charge in [0.05, 0.1) is 0 Å². The Kier molecular flexibility index (Phi) is 4.93. The fourth-order valence-corrected chi connectivity index (χ4v) is 1.67. The number of nitrogens with zero attached hydrogens (tertiary/aromatic N) is 1. The first kappa shape index (κ1) is 15.2. The molecule has 0 aliphatic rings. The number of carbonyl (C=O) groups is 1. The van der Waals surface area contributed by atoms with Gasteiger partial charge in [-0.1, -0.05) is 22.0 Å². The van der Waals surface area contributed by atoms with E-state index in [1.807, 2.05) is 39.2 Å². The molecular weight excluding hydrogens is 292 g/mol. The summed E-state index contributed by atoms with van der Waals surface area (Å²) in [7, 11) is 4.02. The Labute approximate surface area is 118 Å². The van der Waals surface area contributed by atoms with Gasteiger partial charge in [0.25, 0.3) is 5.91 Å². The van der Waals surface area contributed by atoms with E-state index in [4.69, 9.17) is 0 Å². The lowest BCUT2D eigenvalue weighted by molar-refractivity contribution is 0.0919. The van der Waals surface area contributed by atoms with Crippen LogP contribution >= 0.6 is 15.9 Å².